The molecule has 0 radical (unpaired) electrons. The van der Waals surface area contributed by atoms with Crippen molar-refractivity contribution >= 4 is 34.6 Å². The van der Waals surface area contributed by atoms with Gasteiger partial charge in [-0.1, -0.05) is 70.4 Å². The maximum Gasteiger partial charge on any atom is 2.00 e. The second-order valence-corrected chi connectivity index (χ2v) is 10.6. The molecule has 1 aliphatic rings. The van der Waals surface area contributed by atoms with Crippen LogP contribution in [0, 0.1) is 41.5 Å². The van der Waals surface area contributed by atoms with Crippen molar-refractivity contribution in [2.75, 3.05) is 22.9 Å². The SMILES string of the molecule is Cc1cc(C)c(N2CCN(c3c(C)cc(C)cc3C)C2=C=CC(Cl)(Cl)c2ccccn2)c(C)c1.[Ru+2]. The van der Waals surface area contributed by atoms with E-state index in [-0.39, 0.29) is 19.5 Å². The normalized spacial score (nSPS) is 13.5. The maximum absolute atomic E-state index is 6.73. The number of alkyl halides is 2. The van der Waals surface area contributed by atoms with E-state index in [1.165, 1.54) is 44.8 Å². The van der Waals surface area contributed by atoms with Crippen LogP contribution in [0.1, 0.15) is 39.1 Å². The zero-order valence-corrected chi connectivity index (χ0v) is 24.3. The number of aromatic nitrogens is 1. The predicted molar refractivity (Wildman–Crippen MR) is 145 cm³/mol. The van der Waals surface area contributed by atoms with E-state index in [0.29, 0.717) is 5.69 Å². The quantitative estimate of drug-likeness (QED) is 0.177. The molecule has 3 aromatic rings. The van der Waals surface area contributed by atoms with E-state index >= 15 is 0 Å². The Morgan fingerprint density at radius 3 is 1.66 bits per heavy atom. The van der Waals surface area contributed by atoms with Gasteiger partial charge in [-0.3, -0.25) is 4.98 Å². The van der Waals surface area contributed by atoms with Gasteiger partial charge >= 0.3 is 19.5 Å². The number of hydrogen-bond acceptors (Lipinski definition) is 3. The molecule has 0 N–H and O–H groups in total. The number of anilines is 2. The zero-order chi connectivity index (χ0) is 24.6. The Kier molecular flexibility index (Phi) is 8.56. The molecule has 0 bridgehead atoms. The van der Waals surface area contributed by atoms with Crippen LogP contribution in [0.4, 0.5) is 11.4 Å². The second-order valence-electron chi connectivity index (χ2n) is 9.25. The van der Waals surface area contributed by atoms with Gasteiger partial charge in [0.15, 0.2) is 10.2 Å². The third-order valence-electron chi connectivity index (χ3n) is 6.26. The minimum Gasteiger partial charge on any atom is -0.319 e. The number of halogens is 2. The molecule has 0 aliphatic carbocycles. The van der Waals surface area contributed by atoms with Gasteiger partial charge in [0.05, 0.1) is 5.69 Å². The molecule has 35 heavy (non-hydrogen) atoms. The first-order valence-corrected chi connectivity index (χ1v) is 12.3. The number of aryl methyl sites for hydroxylation is 6. The molecule has 2 heterocycles. The number of allylic oxidation sites excluding steroid dienone is 1. The molecule has 6 heteroatoms. The van der Waals surface area contributed by atoms with Gasteiger partial charge in [-0.25, -0.2) is 0 Å². The Hall–Kier alpha value is -2.09. The number of benzene rings is 2. The molecule has 0 amide bonds. The van der Waals surface area contributed by atoms with Gasteiger partial charge in [-0.2, -0.15) is 0 Å². The molecular weight excluding hydrogens is 562 g/mol. The molecule has 0 unspecified atom stereocenters. The third-order valence-corrected chi connectivity index (χ3v) is 6.86. The summed E-state index contributed by atoms with van der Waals surface area (Å²) < 4.78 is -1.29. The van der Waals surface area contributed by atoms with E-state index in [1.807, 2.05) is 18.2 Å². The van der Waals surface area contributed by atoms with Crippen molar-refractivity contribution < 1.29 is 19.5 Å². The van der Waals surface area contributed by atoms with Crippen molar-refractivity contribution in [2.24, 2.45) is 0 Å². The van der Waals surface area contributed by atoms with Gasteiger partial charge in [-0.05, 0) is 75.9 Å². The summed E-state index contributed by atoms with van der Waals surface area (Å²) in [5.74, 6) is 0.937. The van der Waals surface area contributed by atoms with Crippen LogP contribution in [0.2, 0.25) is 0 Å². The molecule has 0 atom stereocenters. The Labute approximate surface area is 232 Å². The number of hydrogen-bond donors (Lipinski definition) is 0. The van der Waals surface area contributed by atoms with E-state index in [4.69, 9.17) is 23.2 Å². The average Bonchev–Trinajstić information content (AvgIpc) is 3.14. The van der Waals surface area contributed by atoms with Crippen LogP contribution in [0.15, 0.2) is 66.3 Å². The molecule has 182 valence electrons. The van der Waals surface area contributed by atoms with Gasteiger partial charge in [0, 0.05) is 36.7 Å². The molecule has 3 nitrogen and oxygen atoms in total. The van der Waals surface area contributed by atoms with E-state index in [1.54, 1.807) is 12.3 Å². The van der Waals surface area contributed by atoms with Crippen molar-refractivity contribution in [2.45, 2.75) is 45.9 Å². The summed E-state index contributed by atoms with van der Waals surface area (Å²) >= 11 is 13.5. The summed E-state index contributed by atoms with van der Waals surface area (Å²) in [5.41, 5.74) is 14.0. The number of pyridine rings is 1. The van der Waals surface area contributed by atoms with Crippen LogP contribution < -0.4 is 9.80 Å². The summed E-state index contributed by atoms with van der Waals surface area (Å²) in [6, 6.07) is 14.5. The van der Waals surface area contributed by atoms with Crippen molar-refractivity contribution in [1.29, 1.82) is 0 Å². The Morgan fingerprint density at radius 2 is 1.26 bits per heavy atom. The first-order valence-electron chi connectivity index (χ1n) is 11.6. The van der Waals surface area contributed by atoms with Crippen LogP contribution in [0.25, 0.3) is 0 Å². The van der Waals surface area contributed by atoms with E-state index in [2.05, 4.69) is 86.3 Å². The standard InChI is InChI=1S/C29H31Cl2N3.Ru/c1-19-15-21(3)27(22(4)16-19)33-13-14-34(28-23(5)17-20(2)18-24(28)6)26(33)10-11-29(30,31)25-9-7-8-12-32-25;/h7-9,11-12,15-18H,13-14H2,1-6H3;/q;+2. The molecular formula is C29H31Cl2N3Ru+2. The van der Waals surface area contributed by atoms with Crippen molar-refractivity contribution in [3.63, 3.8) is 0 Å². The Bertz CT molecular complexity index is 1180. The van der Waals surface area contributed by atoms with Gasteiger partial charge in [-0.15, -0.1) is 0 Å². The minimum atomic E-state index is -1.29. The fourth-order valence-electron chi connectivity index (χ4n) is 5.13. The molecule has 1 saturated heterocycles. The average molecular weight is 594 g/mol. The van der Waals surface area contributed by atoms with Crippen LogP contribution in [0.3, 0.4) is 0 Å². The van der Waals surface area contributed by atoms with Crippen molar-refractivity contribution in [3.05, 3.63) is 105 Å². The van der Waals surface area contributed by atoms with Gasteiger partial charge in [0.25, 0.3) is 0 Å². The van der Waals surface area contributed by atoms with Crippen molar-refractivity contribution in [1.82, 2.24) is 4.98 Å². The van der Waals surface area contributed by atoms with Gasteiger partial charge in [0.1, 0.15) is 0 Å². The zero-order valence-electron chi connectivity index (χ0n) is 21.1. The monoisotopic (exact) mass is 593 g/mol. The van der Waals surface area contributed by atoms with Gasteiger partial charge < -0.3 is 9.80 Å². The molecule has 4 rings (SSSR count). The van der Waals surface area contributed by atoms with Crippen LogP contribution in [0.5, 0.6) is 0 Å². The topological polar surface area (TPSA) is 19.4 Å². The summed E-state index contributed by atoms with van der Waals surface area (Å²) in [5, 5.41) is 0. The van der Waals surface area contributed by atoms with Crippen LogP contribution in [-0.4, -0.2) is 18.1 Å². The molecule has 2 aromatic carbocycles. The Morgan fingerprint density at radius 1 is 0.800 bits per heavy atom. The Balaban J connectivity index is 0.00000342. The predicted octanol–water partition coefficient (Wildman–Crippen LogP) is 7.58. The number of rotatable bonds is 4. The molecule has 1 aromatic heterocycles. The first kappa shape index (κ1) is 27.5. The fourth-order valence-corrected chi connectivity index (χ4v) is 5.47. The second kappa shape index (κ2) is 10.9. The van der Waals surface area contributed by atoms with Gasteiger partial charge in [0.2, 0.25) is 0 Å². The molecule has 1 fully saturated rings. The summed E-state index contributed by atoms with van der Waals surface area (Å²) in [6.07, 6.45) is 3.42. The maximum atomic E-state index is 6.73. The van der Waals surface area contributed by atoms with Crippen molar-refractivity contribution in [3.8, 4) is 0 Å². The first-order chi connectivity index (χ1) is 16.1. The molecule has 1 aliphatic heterocycles. The fraction of sp³-hybridized carbons (Fsp3) is 0.310. The smallest absolute Gasteiger partial charge is 0.319 e. The molecule has 0 spiro atoms. The van der Waals surface area contributed by atoms with Crippen LogP contribution in [-0.2, 0) is 23.8 Å². The van der Waals surface area contributed by atoms with E-state index < -0.39 is 4.33 Å². The summed E-state index contributed by atoms with van der Waals surface area (Å²) in [6.45, 7) is 14.6. The third kappa shape index (κ3) is 5.68. The minimum absolute atomic E-state index is 0. The number of nitrogens with zero attached hydrogens (tertiary/aromatic N) is 3. The van der Waals surface area contributed by atoms with E-state index in [9.17, 15) is 0 Å². The summed E-state index contributed by atoms with van der Waals surface area (Å²) in [4.78, 5) is 9.02. The van der Waals surface area contributed by atoms with E-state index in [0.717, 1.165) is 18.9 Å². The largest absolute Gasteiger partial charge is 2.00 e. The van der Waals surface area contributed by atoms with Crippen LogP contribution >= 0.6 is 23.2 Å². The summed E-state index contributed by atoms with van der Waals surface area (Å²) in [7, 11) is 0. The molecule has 0 saturated carbocycles.